The van der Waals surface area contributed by atoms with Gasteiger partial charge in [0, 0.05) is 31.8 Å². The molecule has 0 aromatic heterocycles. The molecule has 128 valence electrons. The molecule has 0 aliphatic carbocycles. The maximum absolute atomic E-state index is 9.59. The second kappa shape index (κ2) is 11.4. The fourth-order valence-electron chi connectivity index (χ4n) is 2.78. The fraction of sp³-hybridized carbons (Fsp3) is 1.00. The molecule has 21 heavy (non-hydrogen) atoms. The largest absolute Gasteiger partial charge is 0.394 e. The van der Waals surface area contributed by atoms with Gasteiger partial charge in [-0.2, -0.15) is 0 Å². The van der Waals surface area contributed by atoms with E-state index in [1.54, 1.807) is 7.11 Å². The molecule has 0 aromatic carbocycles. The number of unbranched alkanes of at least 4 members (excludes halogenated alkanes) is 1. The molecule has 2 N–H and O–H groups in total. The molecule has 0 bridgehead atoms. The molecule has 1 atom stereocenters. The van der Waals surface area contributed by atoms with Crippen molar-refractivity contribution in [3.8, 4) is 0 Å². The zero-order chi connectivity index (χ0) is 16.3. The molecular weight excluding hydrogens is 264 g/mol. The highest BCUT2D eigenvalue weighted by atomic mass is 16.5. The van der Waals surface area contributed by atoms with Gasteiger partial charge in [-0.1, -0.05) is 34.1 Å². The zero-order valence-corrected chi connectivity index (χ0v) is 15.1. The summed E-state index contributed by atoms with van der Waals surface area (Å²) in [5, 5.41) is 13.1. The maximum atomic E-state index is 9.59. The van der Waals surface area contributed by atoms with Crippen LogP contribution in [0.5, 0.6) is 0 Å². The monoisotopic (exact) mass is 302 g/mol. The van der Waals surface area contributed by atoms with Crippen LogP contribution in [0.4, 0.5) is 0 Å². The first-order valence-corrected chi connectivity index (χ1v) is 8.43. The molecule has 0 spiro atoms. The lowest BCUT2D eigenvalue weighted by atomic mass is 9.94. The third-order valence-electron chi connectivity index (χ3n) is 3.67. The molecule has 0 saturated carbocycles. The maximum Gasteiger partial charge on any atom is 0.0610 e. The minimum atomic E-state index is -0.149. The van der Waals surface area contributed by atoms with Crippen molar-refractivity contribution >= 4 is 0 Å². The molecule has 0 amide bonds. The second-order valence-electron chi connectivity index (χ2n) is 7.16. The first kappa shape index (κ1) is 20.8. The Morgan fingerprint density at radius 2 is 1.81 bits per heavy atom. The van der Waals surface area contributed by atoms with Gasteiger partial charge < -0.3 is 20.1 Å². The quantitative estimate of drug-likeness (QED) is 0.513. The minimum Gasteiger partial charge on any atom is -0.394 e. The van der Waals surface area contributed by atoms with E-state index < -0.39 is 0 Å². The van der Waals surface area contributed by atoms with Crippen LogP contribution in [0.1, 0.15) is 53.9 Å². The van der Waals surface area contributed by atoms with Crippen LogP contribution in [-0.4, -0.2) is 61.5 Å². The minimum absolute atomic E-state index is 0.149. The van der Waals surface area contributed by atoms with Crippen LogP contribution in [0.15, 0.2) is 0 Å². The third kappa shape index (κ3) is 11.1. The molecule has 0 heterocycles. The fourth-order valence-corrected chi connectivity index (χ4v) is 2.78. The highest BCUT2D eigenvalue weighted by molar-refractivity contribution is 4.83. The zero-order valence-electron chi connectivity index (χ0n) is 15.1. The van der Waals surface area contributed by atoms with Crippen molar-refractivity contribution in [3.63, 3.8) is 0 Å². The van der Waals surface area contributed by atoms with E-state index >= 15 is 0 Å². The predicted molar refractivity (Wildman–Crippen MR) is 90.8 cm³/mol. The third-order valence-corrected chi connectivity index (χ3v) is 3.67. The Morgan fingerprint density at radius 1 is 1.14 bits per heavy atom. The van der Waals surface area contributed by atoms with Crippen LogP contribution in [0.2, 0.25) is 0 Å². The average molecular weight is 303 g/mol. The van der Waals surface area contributed by atoms with E-state index in [9.17, 15) is 5.11 Å². The number of ether oxygens (including phenoxy) is 1. The summed E-state index contributed by atoms with van der Waals surface area (Å²) >= 11 is 0. The van der Waals surface area contributed by atoms with Gasteiger partial charge in [0.1, 0.15) is 0 Å². The first-order chi connectivity index (χ1) is 9.83. The summed E-state index contributed by atoms with van der Waals surface area (Å²) in [4.78, 5) is 2.49. The van der Waals surface area contributed by atoms with Gasteiger partial charge in [-0.3, -0.25) is 0 Å². The number of rotatable bonds is 13. The number of nitrogens with one attached hydrogen (secondary N) is 1. The molecule has 1 unspecified atom stereocenters. The number of nitrogens with zero attached hydrogens (tertiary/aromatic N) is 1. The van der Waals surface area contributed by atoms with E-state index in [-0.39, 0.29) is 12.1 Å². The molecule has 4 nitrogen and oxygen atoms in total. The highest BCUT2D eigenvalue weighted by Crippen LogP contribution is 2.15. The van der Waals surface area contributed by atoms with Crippen LogP contribution >= 0.6 is 0 Å². The Hall–Kier alpha value is -0.160. The highest BCUT2D eigenvalue weighted by Gasteiger charge is 2.23. The Kier molecular flexibility index (Phi) is 11.3. The second-order valence-corrected chi connectivity index (χ2v) is 7.16. The van der Waals surface area contributed by atoms with Crippen molar-refractivity contribution in [1.29, 1.82) is 0 Å². The summed E-state index contributed by atoms with van der Waals surface area (Å²) in [5.74, 6) is 0.687. The first-order valence-electron chi connectivity index (χ1n) is 8.43. The number of aliphatic hydroxyl groups is 1. The SMILES string of the molecule is COCCN(CCCCC(C)(CO)NC(C)C)CC(C)C. The summed E-state index contributed by atoms with van der Waals surface area (Å²) in [6.45, 7) is 15.1. The molecule has 4 heteroatoms. The molecule has 0 aliphatic heterocycles. The smallest absolute Gasteiger partial charge is 0.0610 e. The molecule has 0 fully saturated rings. The van der Waals surface area contributed by atoms with E-state index in [4.69, 9.17) is 4.74 Å². The van der Waals surface area contributed by atoms with Gasteiger partial charge in [-0.15, -0.1) is 0 Å². The Balaban J connectivity index is 4.06. The van der Waals surface area contributed by atoms with Gasteiger partial charge in [0.2, 0.25) is 0 Å². The molecule has 0 rings (SSSR count). The van der Waals surface area contributed by atoms with Gasteiger partial charge in [0.25, 0.3) is 0 Å². The lowest BCUT2D eigenvalue weighted by Gasteiger charge is -2.31. The van der Waals surface area contributed by atoms with Crippen LogP contribution in [0.25, 0.3) is 0 Å². The van der Waals surface area contributed by atoms with E-state index in [2.05, 4.69) is 44.8 Å². The van der Waals surface area contributed by atoms with Crippen LogP contribution in [-0.2, 0) is 4.74 Å². The molecule has 0 aliphatic rings. The van der Waals surface area contributed by atoms with Crippen molar-refractivity contribution in [2.45, 2.75) is 65.5 Å². The standard InChI is InChI=1S/C17H38N2O2/c1-15(2)13-19(11-12-21-6)10-8-7-9-17(5,14-20)18-16(3)4/h15-16,18,20H,7-14H2,1-6H3. The predicted octanol–water partition coefficient (Wildman–Crippen LogP) is 2.51. The summed E-state index contributed by atoms with van der Waals surface area (Å²) < 4.78 is 5.19. The van der Waals surface area contributed by atoms with Crippen LogP contribution < -0.4 is 5.32 Å². The van der Waals surface area contributed by atoms with E-state index in [1.165, 1.54) is 6.42 Å². The van der Waals surface area contributed by atoms with Gasteiger partial charge >= 0.3 is 0 Å². The average Bonchev–Trinajstić information content (AvgIpc) is 2.39. The van der Waals surface area contributed by atoms with E-state index in [0.29, 0.717) is 12.0 Å². The summed E-state index contributed by atoms with van der Waals surface area (Å²) in [5.41, 5.74) is -0.149. The van der Waals surface area contributed by atoms with Crippen molar-refractivity contribution in [2.24, 2.45) is 5.92 Å². The van der Waals surface area contributed by atoms with Crippen LogP contribution in [0.3, 0.4) is 0 Å². The summed E-state index contributed by atoms with van der Waals surface area (Å²) in [7, 11) is 1.76. The van der Waals surface area contributed by atoms with Gasteiger partial charge in [0.15, 0.2) is 0 Å². The van der Waals surface area contributed by atoms with Crippen LogP contribution in [0, 0.1) is 5.92 Å². The summed E-state index contributed by atoms with van der Waals surface area (Å²) in [6, 6.07) is 0.404. The summed E-state index contributed by atoms with van der Waals surface area (Å²) in [6.07, 6.45) is 3.33. The number of hydrogen-bond acceptors (Lipinski definition) is 4. The lowest BCUT2D eigenvalue weighted by Crippen LogP contribution is -2.49. The topological polar surface area (TPSA) is 44.7 Å². The van der Waals surface area contributed by atoms with Crippen molar-refractivity contribution < 1.29 is 9.84 Å². The normalized spacial score (nSPS) is 15.1. The van der Waals surface area contributed by atoms with E-state index in [0.717, 1.165) is 39.1 Å². The number of aliphatic hydroxyl groups excluding tert-OH is 1. The Morgan fingerprint density at radius 3 is 2.29 bits per heavy atom. The molecule has 0 saturated heterocycles. The Bertz CT molecular complexity index is 247. The van der Waals surface area contributed by atoms with Crippen molar-refractivity contribution in [3.05, 3.63) is 0 Å². The van der Waals surface area contributed by atoms with E-state index in [1.807, 2.05) is 0 Å². The lowest BCUT2D eigenvalue weighted by molar-refractivity contribution is 0.133. The van der Waals surface area contributed by atoms with Gasteiger partial charge in [0.05, 0.1) is 13.2 Å². The molecule has 0 radical (unpaired) electrons. The van der Waals surface area contributed by atoms with Crippen molar-refractivity contribution in [2.75, 3.05) is 40.0 Å². The molecular formula is C17H38N2O2. The van der Waals surface area contributed by atoms with Gasteiger partial charge in [-0.05, 0) is 32.2 Å². The Labute approximate surface area is 132 Å². The van der Waals surface area contributed by atoms with Crippen molar-refractivity contribution in [1.82, 2.24) is 10.2 Å². The van der Waals surface area contributed by atoms with Gasteiger partial charge in [-0.25, -0.2) is 0 Å². The number of methoxy groups -OCH3 is 1. The molecule has 0 aromatic rings. The number of hydrogen-bond donors (Lipinski definition) is 2.